The van der Waals surface area contributed by atoms with Gasteiger partial charge in [-0.2, -0.15) is 5.10 Å². The van der Waals surface area contributed by atoms with Crippen LogP contribution in [-0.4, -0.2) is 52.9 Å². The van der Waals surface area contributed by atoms with Crippen molar-refractivity contribution in [2.75, 3.05) is 30.8 Å². The molecule has 3 aromatic rings. The van der Waals surface area contributed by atoms with Crippen LogP contribution in [0.1, 0.15) is 21.5 Å². The minimum absolute atomic E-state index is 0.0863. The molecule has 0 aliphatic rings. The molecular weight excluding hydrogens is 480 g/mol. The number of carbonyl (C=O) groups is 2. The van der Waals surface area contributed by atoms with Gasteiger partial charge in [-0.05, 0) is 66.1 Å². The average molecular weight is 509 g/mol. The number of anilines is 1. The van der Waals surface area contributed by atoms with Gasteiger partial charge in [0, 0.05) is 19.2 Å². The van der Waals surface area contributed by atoms with Crippen LogP contribution in [0.25, 0.3) is 0 Å². The highest BCUT2D eigenvalue weighted by Crippen LogP contribution is 2.16. The first-order valence-corrected chi connectivity index (χ1v) is 13.0. The molecule has 188 valence electrons. The average Bonchev–Trinajstić information content (AvgIpc) is 2.88. The normalized spacial score (nSPS) is 11.2. The molecule has 0 atom stereocenters. The number of nitrogens with zero attached hydrogens (tertiary/aromatic N) is 2. The van der Waals surface area contributed by atoms with E-state index in [1.807, 2.05) is 30.3 Å². The van der Waals surface area contributed by atoms with E-state index in [9.17, 15) is 18.0 Å². The Morgan fingerprint density at radius 2 is 1.64 bits per heavy atom. The van der Waals surface area contributed by atoms with Gasteiger partial charge in [-0.1, -0.05) is 30.3 Å². The van der Waals surface area contributed by atoms with Gasteiger partial charge in [-0.3, -0.25) is 13.9 Å². The number of ether oxygens (including phenoxy) is 1. The third-order valence-electron chi connectivity index (χ3n) is 5.20. The maximum absolute atomic E-state index is 12.3. The Morgan fingerprint density at radius 1 is 0.972 bits per heavy atom. The SMILES string of the molecule is CN(c1ccc(C(=O)N/N=C\c2ccc(OCC(=O)NCCc3ccccc3)cc2)cc1)S(C)(=O)=O. The van der Waals surface area contributed by atoms with Crippen molar-refractivity contribution in [3.05, 3.63) is 95.6 Å². The zero-order valence-corrected chi connectivity index (χ0v) is 20.9. The van der Waals surface area contributed by atoms with Crippen molar-refractivity contribution < 1.29 is 22.7 Å². The van der Waals surface area contributed by atoms with Crippen LogP contribution >= 0.6 is 0 Å². The molecule has 36 heavy (non-hydrogen) atoms. The van der Waals surface area contributed by atoms with E-state index in [1.54, 1.807) is 36.4 Å². The number of amides is 2. The quantitative estimate of drug-likeness (QED) is 0.305. The van der Waals surface area contributed by atoms with Crippen LogP contribution in [-0.2, 0) is 21.2 Å². The predicted molar refractivity (Wildman–Crippen MR) is 140 cm³/mol. The van der Waals surface area contributed by atoms with Crippen LogP contribution in [0.3, 0.4) is 0 Å². The second-order valence-corrected chi connectivity index (χ2v) is 9.93. The summed E-state index contributed by atoms with van der Waals surface area (Å²) in [6, 6.07) is 22.9. The molecule has 0 aliphatic carbocycles. The lowest BCUT2D eigenvalue weighted by Crippen LogP contribution is -2.30. The lowest BCUT2D eigenvalue weighted by molar-refractivity contribution is -0.123. The molecule has 0 saturated heterocycles. The molecule has 0 spiro atoms. The Morgan fingerprint density at radius 3 is 2.28 bits per heavy atom. The van der Waals surface area contributed by atoms with Crippen LogP contribution in [0.5, 0.6) is 5.75 Å². The van der Waals surface area contributed by atoms with Gasteiger partial charge in [0.2, 0.25) is 10.0 Å². The van der Waals surface area contributed by atoms with E-state index < -0.39 is 15.9 Å². The molecule has 3 rings (SSSR count). The molecule has 0 radical (unpaired) electrons. The van der Waals surface area contributed by atoms with Gasteiger partial charge in [-0.25, -0.2) is 13.8 Å². The number of rotatable bonds is 11. The van der Waals surface area contributed by atoms with Crippen molar-refractivity contribution in [1.29, 1.82) is 0 Å². The molecule has 0 saturated carbocycles. The van der Waals surface area contributed by atoms with Crippen LogP contribution < -0.4 is 19.8 Å². The minimum Gasteiger partial charge on any atom is -0.484 e. The standard InChI is InChI=1S/C26H28N4O5S/c1-30(36(2,33)34)23-12-10-22(11-13-23)26(32)29-28-18-21-8-14-24(15-9-21)35-19-25(31)27-17-16-20-6-4-3-5-7-20/h3-15,18H,16-17,19H2,1-2H3,(H,27,31)(H,29,32)/b28-18-. The van der Waals surface area contributed by atoms with Crippen LogP contribution in [0.4, 0.5) is 5.69 Å². The summed E-state index contributed by atoms with van der Waals surface area (Å²) in [4.78, 5) is 24.2. The number of hydrogen-bond donors (Lipinski definition) is 2. The summed E-state index contributed by atoms with van der Waals surface area (Å²) in [6.45, 7) is 0.451. The van der Waals surface area contributed by atoms with Gasteiger partial charge in [0.15, 0.2) is 6.61 Å². The van der Waals surface area contributed by atoms with Gasteiger partial charge in [0.25, 0.3) is 11.8 Å². The number of hydrogen-bond acceptors (Lipinski definition) is 6. The highest BCUT2D eigenvalue weighted by molar-refractivity contribution is 7.92. The van der Waals surface area contributed by atoms with Gasteiger partial charge in [0.1, 0.15) is 5.75 Å². The fourth-order valence-electron chi connectivity index (χ4n) is 3.09. The van der Waals surface area contributed by atoms with E-state index in [-0.39, 0.29) is 12.5 Å². The molecule has 0 bridgehead atoms. The second kappa shape index (κ2) is 12.5. The summed E-state index contributed by atoms with van der Waals surface area (Å²) in [7, 11) is -1.94. The summed E-state index contributed by atoms with van der Waals surface area (Å²) >= 11 is 0. The molecule has 0 aliphatic heterocycles. The molecule has 10 heteroatoms. The topological polar surface area (TPSA) is 117 Å². The third kappa shape index (κ3) is 8.24. The zero-order chi connectivity index (χ0) is 26.0. The monoisotopic (exact) mass is 508 g/mol. The Labute approximate surface area is 210 Å². The highest BCUT2D eigenvalue weighted by atomic mass is 32.2. The molecular formula is C26H28N4O5S. The van der Waals surface area contributed by atoms with Crippen molar-refractivity contribution in [1.82, 2.24) is 10.7 Å². The first-order valence-electron chi connectivity index (χ1n) is 11.1. The van der Waals surface area contributed by atoms with Gasteiger partial charge < -0.3 is 10.1 Å². The largest absolute Gasteiger partial charge is 0.484 e. The van der Waals surface area contributed by atoms with E-state index in [0.29, 0.717) is 23.5 Å². The van der Waals surface area contributed by atoms with Crippen LogP contribution in [0.15, 0.2) is 84.0 Å². The van der Waals surface area contributed by atoms with Gasteiger partial charge in [0.05, 0.1) is 18.2 Å². The number of nitrogens with one attached hydrogen (secondary N) is 2. The van der Waals surface area contributed by atoms with Gasteiger partial charge in [-0.15, -0.1) is 0 Å². The van der Waals surface area contributed by atoms with Crippen LogP contribution in [0, 0.1) is 0 Å². The van der Waals surface area contributed by atoms with Crippen molar-refractivity contribution in [2.24, 2.45) is 5.10 Å². The summed E-state index contributed by atoms with van der Waals surface area (Å²) in [5.41, 5.74) is 5.09. The predicted octanol–water partition coefficient (Wildman–Crippen LogP) is 2.58. The Kier molecular flexibility index (Phi) is 9.18. The fourth-order valence-corrected chi connectivity index (χ4v) is 3.59. The second-order valence-electron chi connectivity index (χ2n) is 7.92. The molecule has 2 N–H and O–H groups in total. The number of benzene rings is 3. The molecule has 9 nitrogen and oxygen atoms in total. The smallest absolute Gasteiger partial charge is 0.271 e. The van der Waals surface area contributed by atoms with E-state index in [0.717, 1.165) is 28.1 Å². The van der Waals surface area contributed by atoms with Crippen molar-refractivity contribution >= 4 is 33.7 Å². The summed E-state index contributed by atoms with van der Waals surface area (Å²) < 4.78 is 29.8. The Bertz CT molecular complexity index is 1290. The van der Waals surface area contributed by atoms with E-state index in [1.165, 1.54) is 25.4 Å². The number of hydrazone groups is 1. The highest BCUT2D eigenvalue weighted by Gasteiger charge is 2.12. The first-order chi connectivity index (χ1) is 17.2. The van der Waals surface area contributed by atoms with E-state index in [2.05, 4.69) is 15.8 Å². The van der Waals surface area contributed by atoms with Crippen molar-refractivity contribution in [3.63, 3.8) is 0 Å². The van der Waals surface area contributed by atoms with Gasteiger partial charge >= 0.3 is 0 Å². The number of sulfonamides is 1. The van der Waals surface area contributed by atoms with Crippen LogP contribution in [0.2, 0.25) is 0 Å². The number of carbonyl (C=O) groups excluding carboxylic acids is 2. The van der Waals surface area contributed by atoms with Crippen molar-refractivity contribution in [3.8, 4) is 5.75 Å². The summed E-state index contributed by atoms with van der Waals surface area (Å²) in [5, 5.41) is 6.77. The fraction of sp³-hybridized carbons (Fsp3) is 0.192. The molecule has 0 heterocycles. The molecule has 0 aromatic heterocycles. The first kappa shape index (κ1) is 26.4. The Hall–Kier alpha value is -4.18. The summed E-state index contributed by atoms with van der Waals surface area (Å²) in [6.07, 6.45) is 3.33. The molecule has 3 aromatic carbocycles. The Balaban J connectivity index is 1.41. The maximum atomic E-state index is 12.3. The van der Waals surface area contributed by atoms with E-state index >= 15 is 0 Å². The lowest BCUT2D eigenvalue weighted by Gasteiger charge is -2.16. The maximum Gasteiger partial charge on any atom is 0.271 e. The molecule has 0 unspecified atom stereocenters. The molecule has 0 fully saturated rings. The lowest BCUT2D eigenvalue weighted by atomic mass is 10.1. The van der Waals surface area contributed by atoms with E-state index in [4.69, 9.17) is 4.74 Å². The van der Waals surface area contributed by atoms with Crippen molar-refractivity contribution in [2.45, 2.75) is 6.42 Å². The minimum atomic E-state index is -3.38. The molecule has 2 amide bonds. The summed E-state index contributed by atoms with van der Waals surface area (Å²) in [5.74, 6) is -0.0955. The zero-order valence-electron chi connectivity index (χ0n) is 20.0. The third-order valence-corrected chi connectivity index (χ3v) is 6.40.